The maximum Gasteiger partial charge on any atom is 0.170 e. The van der Waals surface area contributed by atoms with E-state index in [2.05, 4.69) is 4.90 Å². The standard InChI is InChI=1S/C21H25NO2/c1-15-4-8-17(9-5-15)20(23)19-14-22(3)13-12-21(19,24)18-10-6-16(2)7-11-18/h4-11,19,24H,12-14H2,1-3H3/t19-,21-/m0/s1. The summed E-state index contributed by atoms with van der Waals surface area (Å²) in [5.74, 6) is -0.439. The fraction of sp³-hybridized carbons (Fsp3) is 0.381. The minimum absolute atomic E-state index is 0.0182. The summed E-state index contributed by atoms with van der Waals surface area (Å²) in [6, 6.07) is 15.5. The third kappa shape index (κ3) is 3.14. The van der Waals surface area contributed by atoms with Crippen LogP contribution in [0.1, 0.15) is 33.5 Å². The van der Waals surface area contributed by atoms with E-state index in [1.165, 1.54) is 0 Å². The first-order valence-electron chi connectivity index (χ1n) is 8.49. The van der Waals surface area contributed by atoms with Gasteiger partial charge >= 0.3 is 0 Å². The molecule has 1 aliphatic heterocycles. The van der Waals surface area contributed by atoms with Crippen LogP contribution in [0.5, 0.6) is 0 Å². The molecule has 0 saturated carbocycles. The number of benzene rings is 2. The lowest BCUT2D eigenvalue weighted by molar-refractivity contribution is -0.0594. The van der Waals surface area contributed by atoms with Crippen LogP contribution in [0.25, 0.3) is 0 Å². The van der Waals surface area contributed by atoms with E-state index in [-0.39, 0.29) is 5.78 Å². The lowest BCUT2D eigenvalue weighted by Gasteiger charge is -2.43. The quantitative estimate of drug-likeness (QED) is 0.881. The normalized spacial score (nSPS) is 24.8. The number of nitrogens with zero attached hydrogens (tertiary/aromatic N) is 1. The number of hydrogen-bond acceptors (Lipinski definition) is 3. The maximum absolute atomic E-state index is 13.1. The van der Waals surface area contributed by atoms with E-state index >= 15 is 0 Å². The van der Waals surface area contributed by atoms with E-state index in [1.807, 2.05) is 69.4 Å². The Morgan fingerprint density at radius 2 is 1.58 bits per heavy atom. The summed E-state index contributed by atoms with van der Waals surface area (Å²) in [6.07, 6.45) is 0.564. The van der Waals surface area contributed by atoms with Gasteiger partial charge in [0.15, 0.2) is 5.78 Å². The average Bonchev–Trinajstić information content (AvgIpc) is 2.58. The van der Waals surface area contributed by atoms with Crippen molar-refractivity contribution in [1.29, 1.82) is 0 Å². The summed E-state index contributed by atoms with van der Waals surface area (Å²) in [7, 11) is 2.00. The Morgan fingerprint density at radius 1 is 1.04 bits per heavy atom. The fourth-order valence-electron chi connectivity index (χ4n) is 3.50. The third-order valence-corrected chi connectivity index (χ3v) is 5.15. The van der Waals surface area contributed by atoms with Gasteiger partial charge in [0.1, 0.15) is 5.60 Å². The molecule has 0 aliphatic carbocycles. The number of ketones is 1. The molecule has 0 spiro atoms. The molecule has 0 amide bonds. The van der Waals surface area contributed by atoms with Gasteiger partial charge in [-0.2, -0.15) is 0 Å². The number of carbonyl (C=O) groups is 1. The average molecular weight is 323 g/mol. The summed E-state index contributed by atoms with van der Waals surface area (Å²) in [5, 5.41) is 11.4. The number of carbonyl (C=O) groups excluding carboxylic acids is 1. The van der Waals surface area contributed by atoms with Gasteiger partial charge in [-0.3, -0.25) is 4.79 Å². The summed E-state index contributed by atoms with van der Waals surface area (Å²) in [5.41, 5.74) is 2.68. The van der Waals surface area contributed by atoms with Crippen molar-refractivity contribution in [2.75, 3.05) is 20.1 Å². The van der Waals surface area contributed by atoms with Crippen LogP contribution in [0.3, 0.4) is 0 Å². The maximum atomic E-state index is 13.1. The Hall–Kier alpha value is -1.97. The first-order chi connectivity index (χ1) is 11.4. The molecule has 3 rings (SSSR count). The minimum Gasteiger partial charge on any atom is -0.384 e. The summed E-state index contributed by atoms with van der Waals surface area (Å²) in [6.45, 7) is 5.38. The van der Waals surface area contributed by atoms with Crippen LogP contribution in [-0.2, 0) is 5.60 Å². The molecule has 0 aromatic heterocycles. The SMILES string of the molecule is Cc1ccc(C(=O)[C@@H]2CN(C)CC[C@]2(O)c2ccc(C)cc2)cc1. The van der Waals surface area contributed by atoms with Crippen LogP contribution >= 0.6 is 0 Å². The molecular formula is C21H25NO2. The molecule has 2 aromatic rings. The topological polar surface area (TPSA) is 40.5 Å². The van der Waals surface area contributed by atoms with E-state index in [1.54, 1.807) is 0 Å². The highest BCUT2D eigenvalue weighted by Gasteiger charge is 2.46. The molecule has 1 aliphatic rings. The van der Waals surface area contributed by atoms with Crippen molar-refractivity contribution in [3.8, 4) is 0 Å². The van der Waals surface area contributed by atoms with Crippen LogP contribution in [0, 0.1) is 19.8 Å². The lowest BCUT2D eigenvalue weighted by atomic mass is 9.72. The van der Waals surface area contributed by atoms with Gasteiger partial charge in [0.2, 0.25) is 0 Å². The van der Waals surface area contributed by atoms with Crippen LogP contribution in [0.4, 0.5) is 0 Å². The molecule has 2 atom stereocenters. The van der Waals surface area contributed by atoms with Crippen molar-refractivity contribution in [2.24, 2.45) is 5.92 Å². The Balaban J connectivity index is 1.98. The Labute approximate surface area is 143 Å². The van der Waals surface area contributed by atoms with Gasteiger partial charge in [0.05, 0.1) is 5.92 Å². The van der Waals surface area contributed by atoms with Crippen molar-refractivity contribution >= 4 is 5.78 Å². The number of likely N-dealkylation sites (tertiary alicyclic amines) is 1. The number of rotatable bonds is 3. The van der Waals surface area contributed by atoms with Crippen LogP contribution in [0.2, 0.25) is 0 Å². The first-order valence-corrected chi connectivity index (χ1v) is 8.49. The zero-order chi connectivity index (χ0) is 17.3. The van der Waals surface area contributed by atoms with Crippen LogP contribution in [0.15, 0.2) is 48.5 Å². The second kappa shape index (κ2) is 6.50. The van der Waals surface area contributed by atoms with Gasteiger partial charge < -0.3 is 10.0 Å². The van der Waals surface area contributed by atoms with E-state index in [9.17, 15) is 9.90 Å². The van der Waals surface area contributed by atoms with Crippen molar-refractivity contribution in [3.05, 3.63) is 70.8 Å². The molecule has 1 heterocycles. The third-order valence-electron chi connectivity index (χ3n) is 5.15. The van der Waals surface area contributed by atoms with Gasteiger partial charge in [-0.05, 0) is 32.9 Å². The van der Waals surface area contributed by atoms with E-state index < -0.39 is 11.5 Å². The minimum atomic E-state index is -1.11. The molecule has 3 heteroatoms. The Kier molecular flexibility index (Phi) is 4.57. The number of aliphatic hydroxyl groups is 1. The molecule has 3 nitrogen and oxygen atoms in total. The van der Waals surface area contributed by atoms with Gasteiger partial charge in [-0.15, -0.1) is 0 Å². The van der Waals surface area contributed by atoms with Crippen molar-refractivity contribution in [3.63, 3.8) is 0 Å². The highest BCUT2D eigenvalue weighted by atomic mass is 16.3. The van der Waals surface area contributed by atoms with Gasteiger partial charge in [0.25, 0.3) is 0 Å². The summed E-state index contributed by atoms with van der Waals surface area (Å²) in [4.78, 5) is 15.3. The predicted octanol–water partition coefficient (Wildman–Crippen LogP) is 3.33. The monoisotopic (exact) mass is 323 g/mol. The predicted molar refractivity (Wildman–Crippen MR) is 96.2 cm³/mol. The highest BCUT2D eigenvalue weighted by molar-refractivity contribution is 5.99. The molecular weight excluding hydrogens is 298 g/mol. The first kappa shape index (κ1) is 16.9. The van der Waals surface area contributed by atoms with Gasteiger partial charge in [-0.1, -0.05) is 59.7 Å². The number of hydrogen-bond donors (Lipinski definition) is 1. The second-order valence-corrected chi connectivity index (χ2v) is 7.09. The summed E-state index contributed by atoms with van der Waals surface area (Å²) < 4.78 is 0. The molecule has 0 radical (unpaired) electrons. The second-order valence-electron chi connectivity index (χ2n) is 7.09. The van der Waals surface area contributed by atoms with Crippen molar-refractivity contribution < 1.29 is 9.90 Å². The molecule has 1 saturated heterocycles. The molecule has 0 unspecified atom stereocenters. The van der Waals surface area contributed by atoms with Crippen molar-refractivity contribution in [2.45, 2.75) is 25.9 Å². The highest BCUT2D eigenvalue weighted by Crippen LogP contribution is 2.39. The van der Waals surface area contributed by atoms with Crippen molar-refractivity contribution in [1.82, 2.24) is 4.90 Å². The van der Waals surface area contributed by atoms with Gasteiger partial charge in [0, 0.05) is 18.7 Å². The number of piperidine rings is 1. The zero-order valence-corrected chi connectivity index (χ0v) is 14.6. The molecule has 24 heavy (non-hydrogen) atoms. The van der Waals surface area contributed by atoms with E-state index in [0.717, 1.165) is 23.2 Å². The molecule has 1 N–H and O–H groups in total. The fourth-order valence-corrected chi connectivity index (χ4v) is 3.50. The lowest BCUT2D eigenvalue weighted by Crippen LogP contribution is -2.52. The molecule has 1 fully saturated rings. The Morgan fingerprint density at radius 3 is 2.17 bits per heavy atom. The molecule has 126 valence electrons. The van der Waals surface area contributed by atoms with Crippen LogP contribution < -0.4 is 0 Å². The number of aryl methyl sites for hydroxylation is 2. The number of Topliss-reactive ketones (excluding diaryl/α,β-unsaturated/α-hetero) is 1. The zero-order valence-electron chi connectivity index (χ0n) is 14.6. The molecule has 2 aromatic carbocycles. The van der Waals surface area contributed by atoms with E-state index in [4.69, 9.17) is 0 Å². The van der Waals surface area contributed by atoms with Crippen LogP contribution in [-0.4, -0.2) is 35.9 Å². The smallest absolute Gasteiger partial charge is 0.170 e. The largest absolute Gasteiger partial charge is 0.384 e. The Bertz CT molecular complexity index is 721. The van der Waals surface area contributed by atoms with E-state index in [0.29, 0.717) is 18.5 Å². The molecule has 0 bridgehead atoms. The summed E-state index contributed by atoms with van der Waals surface area (Å²) >= 11 is 0. The van der Waals surface area contributed by atoms with Gasteiger partial charge in [-0.25, -0.2) is 0 Å².